The average Bonchev–Trinajstić information content (AvgIpc) is 3.76. The highest BCUT2D eigenvalue weighted by molar-refractivity contribution is 6.12. The van der Waals surface area contributed by atoms with E-state index >= 15 is 9.59 Å². The van der Waals surface area contributed by atoms with Gasteiger partial charge in [-0.15, -0.1) is 0 Å². The van der Waals surface area contributed by atoms with Crippen molar-refractivity contribution in [2.24, 2.45) is 5.92 Å². The summed E-state index contributed by atoms with van der Waals surface area (Å²) in [4.78, 5) is 54.2. The minimum Gasteiger partial charge on any atom is -0.508 e. The number of hydrogen-bond acceptors (Lipinski definition) is 8. The molecule has 1 aromatic heterocycles. The summed E-state index contributed by atoms with van der Waals surface area (Å²) in [6.45, 7) is 1.44. The molecular weight excluding hydrogens is 763 g/mol. The van der Waals surface area contributed by atoms with Crippen LogP contribution in [-0.2, 0) is 37.5 Å². The summed E-state index contributed by atoms with van der Waals surface area (Å²) in [5.41, 5.74) is 4.35. The van der Waals surface area contributed by atoms with Crippen LogP contribution >= 0.6 is 0 Å². The molecular formula is C51H45N5O5. The molecule has 0 aliphatic carbocycles. The fraction of sp³-hybridized carbons (Fsp3) is 0.216. The smallest absolute Gasteiger partial charge is 0.324 e. The number of cyclic esters (lactones) is 1. The van der Waals surface area contributed by atoms with Crippen molar-refractivity contribution in [1.82, 2.24) is 20.1 Å². The van der Waals surface area contributed by atoms with Gasteiger partial charge in [-0.2, -0.15) is 0 Å². The maximum absolute atomic E-state index is 15.4. The van der Waals surface area contributed by atoms with Gasteiger partial charge in [-0.1, -0.05) is 121 Å². The molecule has 2 saturated heterocycles. The highest BCUT2D eigenvalue weighted by atomic mass is 16.6. The van der Waals surface area contributed by atoms with Crippen LogP contribution in [0.4, 0.5) is 5.69 Å². The van der Waals surface area contributed by atoms with Gasteiger partial charge in [-0.25, -0.2) is 0 Å². The highest BCUT2D eigenvalue weighted by Crippen LogP contribution is 2.64. The Morgan fingerprint density at radius 2 is 1.52 bits per heavy atom. The van der Waals surface area contributed by atoms with Crippen molar-refractivity contribution in [3.8, 4) is 17.6 Å². The molecule has 10 nitrogen and oxygen atoms in total. The van der Waals surface area contributed by atoms with Gasteiger partial charge in [-0.05, 0) is 77.3 Å². The number of nitrogens with one attached hydrogen (secondary N) is 2. The third kappa shape index (κ3) is 7.43. The Balaban J connectivity index is 1.21. The number of fused-ring (bicyclic) bond motifs is 3. The van der Waals surface area contributed by atoms with Gasteiger partial charge < -0.3 is 20.5 Å². The molecule has 9 rings (SSSR count). The molecule has 3 aliphatic rings. The summed E-state index contributed by atoms with van der Waals surface area (Å²) in [7, 11) is 2.01. The van der Waals surface area contributed by atoms with E-state index in [2.05, 4.69) is 44.5 Å². The third-order valence-corrected chi connectivity index (χ3v) is 12.1. The number of aromatic hydroxyl groups is 1. The van der Waals surface area contributed by atoms with E-state index in [1.807, 2.05) is 127 Å². The lowest BCUT2D eigenvalue weighted by Gasteiger charge is -2.46. The topological polar surface area (TPSA) is 124 Å². The summed E-state index contributed by atoms with van der Waals surface area (Å²) in [6, 6.07) is 44.7. The Hall–Kier alpha value is -7.06. The number of esters is 1. The van der Waals surface area contributed by atoms with Gasteiger partial charge in [0.05, 0.1) is 24.5 Å². The van der Waals surface area contributed by atoms with Gasteiger partial charge in [0, 0.05) is 42.7 Å². The first-order valence-corrected chi connectivity index (χ1v) is 20.5. The number of phenolic OH excluding ortho intramolecular Hbond substituents is 1. The molecule has 5 aromatic carbocycles. The number of ether oxygens (including phenoxy) is 1. The van der Waals surface area contributed by atoms with Crippen molar-refractivity contribution in [3.05, 3.63) is 197 Å². The summed E-state index contributed by atoms with van der Waals surface area (Å²) < 4.78 is 6.51. The summed E-state index contributed by atoms with van der Waals surface area (Å²) in [6.07, 6.45) is 1.36. The van der Waals surface area contributed by atoms with E-state index in [4.69, 9.17) is 4.74 Å². The number of carbonyl (C=O) groups is 3. The lowest BCUT2D eigenvalue weighted by atomic mass is 9.65. The Morgan fingerprint density at radius 3 is 2.23 bits per heavy atom. The van der Waals surface area contributed by atoms with Gasteiger partial charge in [0.15, 0.2) is 0 Å². The molecule has 2 amide bonds. The molecule has 4 heterocycles. The van der Waals surface area contributed by atoms with Crippen LogP contribution in [0.15, 0.2) is 158 Å². The Labute approximate surface area is 355 Å². The van der Waals surface area contributed by atoms with Crippen molar-refractivity contribution in [2.75, 3.05) is 25.5 Å². The fourth-order valence-electron chi connectivity index (χ4n) is 9.52. The molecule has 2 fully saturated rings. The van der Waals surface area contributed by atoms with Crippen molar-refractivity contribution in [2.45, 2.75) is 42.6 Å². The largest absolute Gasteiger partial charge is 0.508 e. The molecule has 0 bridgehead atoms. The van der Waals surface area contributed by atoms with E-state index in [1.165, 1.54) is 5.56 Å². The van der Waals surface area contributed by atoms with Gasteiger partial charge in [0.1, 0.15) is 23.3 Å². The number of carbonyl (C=O) groups excluding carboxylic acids is 3. The fourth-order valence-corrected chi connectivity index (χ4v) is 9.52. The first kappa shape index (κ1) is 39.4. The number of rotatable bonds is 10. The molecule has 3 N–H and O–H groups in total. The number of phenols is 1. The summed E-state index contributed by atoms with van der Waals surface area (Å²) in [5, 5.41) is 16.8. The van der Waals surface area contributed by atoms with Crippen LogP contribution in [0.2, 0.25) is 0 Å². The second kappa shape index (κ2) is 16.9. The van der Waals surface area contributed by atoms with Crippen LogP contribution in [0.3, 0.4) is 0 Å². The number of nitrogens with zero attached hydrogens (tertiary/aromatic N) is 3. The van der Waals surface area contributed by atoms with Crippen molar-refractivity contribution in [1.29, 1.82) is 0 Å². The number of pyridine rings is 1. The monoisotopic (exact) mass is 807 g/mol. The van der Waals surface area contributed by atoms with E-state index in [9.17, 15) is 9.90 Å². The average molecular weight is 808 g/mol. The summed E-state index contributed by atoms with van der Waals surface area (Å²) >= 11 is 0. The zero-order valence-corrected chi connectivity index (χ0v) is 33.6. The number of morpholine rings is 1. The van der Waals surface area contributed by atoms with Crippen LogP contribution in [0.5, 0.6) is 5.75 Å². The predicted molar refractivity (Wildman–Crippen MR) is 232 cm³/mol. The van der Waals surface area contributed by atoms with Crippen LogP contribution in [0, 0.1) is 17.8 Å². The highest BCUT2D eigenvalue weighted by Gasteiger charge is 2.74. The molecule has 10 heteroatoms. The minimum absolute atomic E-state index is 0.0436. The molecule has 6 atom stereocenters. The molecule has 1 spiro atoms. The first-order valence-electron chi connectivity index (χ1n) is 20.5. The lowest BCUT2D eigenvalue weighted by molar-refractivity contribution is -0.178. The number of benzene rings is 5. The van der Waals surface area contributed by atoms with Crippen molar-refractivity contribution >= 4 is 23.5 Å². The van der Waals surface area contributed by atoms with E-state index in [-0.39, 0.29) is 12.3 Å². The minimum atomic E-state index is -1.66. The molecule has 0 saturated carbocycles. The van der Waals surface area contributed by atoms with Crippen molar-refractivity contribution < 1.29 is 24.2 Å². The second-order valence-corrected chi connectivity index (χ2v) is 15.9. The third-order valence-electron chi connectivity index (χ3n) is 12.1. The van der Waals surface area contributed by atoms with Gasteiger partial charge in [-0.3, -0.25) is 29.2 Å². The van der Waals surface area contributed by atoms with Gasteiger partial charge in [0.2, 0.25) is 11.8 Å². The predicted octanol–water partition coefficient (Wildman–Crippen LogP) is 6.90. The zero-order chi connectivity index (χ0) is 41.9. The molecule has 6 aromatic rings. The number of amides is 2. The Morgan fingerprint density at radius 1 is 0.836 bits per heavy atom. The van der Waals surface area contributed by atoms with E-state index in [0.717, 1.165) is 23.4 Å². The van der Waals surface area contributed by atoms with E-state index in [0.29, 0.717) is 35.3 Å². The zero-order valence-electron chi connectivity index (χ0n) is 33.6. The van der Waals surface area contributed by atoms with Crippen molar-refractivity contribution in [3.63, 3.8) is 0 Å². The molecule has 0 unspecified atom stereocenters. The Bertz CT molecular complexity index is 2600. The number of anilines is 1. The van der Waals surface area contributed by atoms with Gasteiger partial charge in [0.25, 0.3) is 0 Å². The van der Waals surface area contributed by atoms with Crippen LogP contribution in [0.25, 0.3) is 0 Å². The molecule has 0 radical (unpaired) electrons. The van der Waals surface area contributed by atoms with Gasteiger partial charge >= 0.3 is 5.97 Å². The SMILES string of the molecule is CN(CC#Cc1ccc2c(c1)[C@]1(C(=O)N2)[C@H](c2ccc(O)cc2)N2[C@H](c3ccccc3)[C@H](c3ccccc3)OC(=O)[C@H]2[C@@H]1C(=O)NCCc1ccccn1)Cc1ccccc1. The number of hydrogen-bond donors (Lipinski definition) is 3. The van der Waals surface area contributed by atoms with Crippen LogP contribution < -0.4 is 10.6 Å². The second-order valence-electron chi connectivity index (χ2n) is 15.9. The molecule has 3 aliphatic heterocycles. The van der Waals surface area contributed by atoms with Crippen LogP contribution in [0.1, 0.15) is 57.3 Å². The lowest BCUT2D eigenvalue weighted by Crippen LogP contribution is -2.55. The maximum Gasteiger partial charge on any atom is 0.324 e. The molecule has 304 valence electrons. The van der Waals surface area contributed by atoms with Crippen LogP contribution in [-0.4, -0.2) is 63.9 Å². The first-order chi connectivity index (χ1) is 29.8. The standard InChI is InChI=1S/C51H45N5O5/c1-55(33-35-14-5-2-6-15-35)31-13-16-34-22-27-42-41(32-34)51(50(60)54-42)43(48(58)53-30-28-39-21-11-12-29-52-39)45-49(59)61-46(37-19-9-4-10-20-37)44(36-17-7-3-8-18-36)56(45)47(51)38-23-25-40(57)26-24-38/h2-12,14-15,17-27,29,32,43-47,57H,28,30-31,33H2,1H3,(H,53,58)(H,54,60)/t43-,44-,45-,46+,47+,51-/m1/s1. The number of aromatic nitrogens is 1. The maximum atomic E-state index is 15.4. The quantitative estimate of drug-likeness (QED) is 0.101. The molecule has 61 heavy (non-hydrogen) atoms. The summed E-state index contributed by atoms with van der Waals surface area (Å²) in [5.74, 6) is 3.95. The van der Waals surface area contributed by atoms with E-state index < -0.39 is 53.3 Å². The normalized spacial score (nSPS) is 22.8. The Kier molecular flexibility index (Phi) is 10.9. The van der Waals surface area contributed by atoms with E-state index in [1.54, 1.807) is 30.5 Å².